The molecule has 0 aliphatic heterocycles. The molecule has 0 aliphatic carbocycles. The number of rotatable bonds is 6. The minimum atomic E-state index is 0.521. The number of aromatic nitrogens is 5. The summed E-state index contributed by atoms with van der Waals surface area (Å²) in [6.07, 6.45) is 0. The third-order valence-electron chi connectivity index (χ3n) is 12.4. The summed E-state index contributed by atoms with van der Waals surface area (Å²) in [5.74, 6) is 1.67. The van der Waals surface area contributed by atoms with Crippen molar-refractivity contribution < 1.29 is 4.42 Å². The Balaban J connectivity index is 1.13. The summed E-state index contributed by atoms with van der Waals surface area (Å²) < 4.78 is 11.7. The van der Waals surface area contributed by atoms with Crippen LogP contribution >= 0.6 is 0 Å². The molecule has 0 bridgehead atoms. The lowest BCUT2D eigenvalue weighted by atomic mass is 10.0. The number of furan rings is 1. The van der Waals surface area contributed by atoms with Crippen LogP contribution in [-0.4, -0.2) is 24.1 Å². The largest absolute Gasteiger partial charge is 0.455 e. The average Bonchev–Trinajstić information content (AvgIpc) is 4.02. The molecule has 0 radical (unpaired) electrons. The van der Waals surface area contributed by atoms with E-state index in [1.54, 1.807) is 0 Å². The lowest BCUT2D eigenvalue weighted by molar-refractivity contribution is 0.669. The fourth-order valence-electron chi connectivity index (χ4n) is 9.55. The smallest absolute Gasteiger partial charge is 0.167 e. The number of nitrogens with zero attached hydrogens (tertiary/aromatic N) is 5. The van der Waals surface area contributed by atoms with E-state index in [1.807, 2.05) is 24.3 Å². The molecule has 0 saturated heterocycles. The Kier molecular flexibility index (Phi) is 7.80. The molecule has 0 amide bonds. The summed E-state index contributed by atoms with van der Waals surface area (Å²) in [5, 5.41) is 6.66. The van der Waals surface area contributed by atoms with E-state index in [9.17, 15) is 0 Å². The fourth-order valence-corrected chi connectivity index (χ4v) is 9.55. The lowest BCUT2D eigenvalue weighted by Crippen LogP contribution is -2.03. The van der Waals surface area contributed by atoms with E-state index in [0.29, 0.717) is 23.1 Å². The predicted octanol–water partition coefficient (Wildman–Crippen LogP) is 14.6. The Hall–Kier alpha value is -8.61. The minimum absolute atomic E-state index is 0.521. The molecular formula is C57H35N5O. The predicted molar refractivity (Wildman–Crippen MR) is 258 cm³/mol. The van der Waals surface area contributed by atoms with E-state index in [2.05, 4.69) is 197 Å². The van der Waals surface area contributed by atoms with Gasteiger partial charge in [0.1, 0.15) is 11.2 Å². The monoisotopic (exact) mass is 805 g/mol. The first-order valence-corrected chi connectivity index (χ1v) is 21.2. The van der Waals surface area contributed by atoms with Crippen LogP contribution < -0.4 is 0 Å². The molecule has 4 aromatic heterocycles. The Morgan fingerprint density at radius 1 is 0.317 bits per heavy atom. The van der Waals surface area contributed by atoms with Crippen LogP contribution in [0, 0.1) is 0 Å². The van der Waals surface area contributed by atoms with Crippen molar-refractivity contribution in [1.29, 1.82) is 0 Å². The van der Waals surface area contributed by atoms with E-state index < -0.39 is 0 Å². The Morgan fingerprint density at radius 3 is 1.54 bits per heavy atom. The third kappa shape index (κ3) is 5.55. The van der Waals surface area contributed by atoms with E-state index in [4.69, 9.17) is 19.4 Å². The SMILES string of the molecule is c1ccc(-c2ccc3c(c2)oc2c(-c4nc(-c5ccccc5)nc(-c5cccc6c7ccccc7n(-c7ccccc7)c56)n4)cc(-n4c5ccccc5c5ccccc54)cc23)cc1. The van der Waals surface area contributed by atoms with Gasteiger partial charge in [-0.3, -0.25) is 0 Å². The number of fused-ring (bicyclic) bond motifs is 9. The maximum absolute atomic E-state index is 7.01. The van der Waals surface area contributed by atoms with E-state index >= 15 is 0 Å². The lowest BCUT2D eigenvalue weighted by Gasteiger charge is -2.14. The van der Waals surface area contributed by atoms with Gasteiger partial charge in [0.05, 0.1) is 27.6 Å². The summed E-state index contributed by atoms with van der Waals surface area (Å²) in [7, 11) is 0. The minimum Gasteiger partial charge on any atom is -0.455 e. The molecule has 0 N–H and O–H groups in total. The van der Waals surface area contributed by atoms with Crippen LogP contribution in [0.15, 0.2) is 217 Å². The fraction of sp³-hybridized carbons (Fsp3) is 0. The molecule has 0 fully saturated rings. The van der Waals surface area contributed by atoms with Crippen molar-refractivity contribution in [3.8, 4) is 56.7 Å². The van der Waals surface area contributed by atoms with Crippen molar-refractivity contribution >= 4 is 65.6 Å². The summed E-state index contributed by atoms with van der Waals surface area (Å²) in [6, 6.07) is 74.3. The second kappa shape index (κ2) is 14.0. The van der Waals surface area contributed by atoms with Crippen LogP contribution in [0.3, 0.4) is 0 Å². The van der Waals surface area contributed by atoms with E-state index in [1.165, 1.54) is 10.8 Å². The van der Waals surface area contributed by atoms with Crippen LogP contribution in [0.25, 0.3) is 122 Å². The van der Waals surface area contributed by atoms with Crippen molar-refractivity contribution in [3.63, 3.8) is 0 Å². The zero-order valence-corrected chi connectivity index (χ0v) is 33.9. The summed E-state index contributed by atoms with van der Waals surface area (Å²) in [4.78, 5) is 16.1. The molecular weight excluding hydrogens is 771 g/mol. The zero-order valence-electron chi connectivity index (χ0n) is 33.9. The van der Waals surface area contributed by atoms with E-state index in [0.717, 1.165) is 88.4 Å². The maximum atomic E-state index is 7.01. The second-order valence-electron chi connectivity index (χ2n) is 16.0. The first kappa shape index (κ1) is 35.2. The van der Waals surface area contributed by atoms with Gasteiger partial charge < -0.3 is 13.6 Å². The molecule has 294 valence electrons. The number of benzene rings is 9. The van der Waals surface area contributed by atoms with Crippen molar-refractivity contribution in [2.45, 2.75) is 0 Å². The van der Waals surface area contributed by atoms with E-state index in [-0.39, 0.29) is 0 Å². The third-order valence-corrected chi connectivity index (χ3v) is 12.4. The zero-order chi connectivity index (χ0) is 41.4. The summed E-state index contributed by atoms with van der Waals surface area (Å²) >= 11 is 0. The molecule has 0 saturated carbocycles. The molecule has 4 heterocycles. The van der Waals surface area contributed by atoms with Gasteiger partial charge in [-0.05, 0) is 71.8 Å². The van der Waals surface area contributed by atoms with Gasteiger partial charge >= 0.3 is 0 Å². The number of hydrogen-bond acceptors (Lipinski definition) is 4. The highest BCUT2D eigenvalue weighted by molar-refractivity contribution is 6.15. The van der Waals surface area contributed by atoms with Crippen LogP contribution in [0.2, 0.25) is 0 Å². The van der Waals surface area contributed by atoms with Gasteiger partial charge in [-0.2, -0.15) is 0 Å². The Bertz CT molecular complexity index is 3850. The van der Waals surface area contributed by atoms with Crippen molar-refractivity contribution in [2.75, 3.05) is 0 Å². The van der Waals surface area contributed by atoms with Gasteiger partial charge in [-0.1, -0.05) is 152 Å². The quantitative estimate of drug-likeness (QED) is 0.168. The van der Waals surface area contributed by atoms with Gasteiger partial charge in [-0.15, -0.1) is 0 Å². The number of hydrogen-bond donors (Lipinski definition) is 0. The second-order valence-corrected chi connectivity index (χ2v) is 16.0. The summed E-state index contributed by atoms with van der Waals surface area (Å²) in [5.41, 5.74) is 12.7. The van der Waals surface area contributed by atoms with Crippen LogP contribution in [-0.2, 0) is 0 Å². The molecule has 0 aliphatic rings. The van der Waals surface area contributed by atoms with Gasteiger partial charge in [0.25, 0.3) is 0 Å². The Morgan fingerprint density at radius 2 is 0.857 bits per heavy atom. The highest BCUT2D eigenvalue weighted by atomic mass is 16.3. The van der Waals surface area contributed by atoms with Gasteiger partial charge in [-0.25, -0.2) is 15.0 Å². The van der Waals surface area contributed by atoms with Gasteiger partial charge in [0.2, 0.25) is 0 Å². The van der Waals surface area contributed by atoms with Crippen LogP contribution in [0.1, 0.15) is 0 Å². The molecule has 0 spiro atoms. The maximum Gasteiger partial charge on any atom is 0.167 e. The van der Waals surface area contributed by atoms with Gasteiger partial charge in [0.15, 0.2) is 17.5 Å². The van der Waals surface area contributed by atoms with Crippen LogP contribution in [0.4, 0.5) is 0 Å². The Labute approximate surface area is 361 Å². The molecule has 13 rings (SSSR count). The standard InChI is InChI=1S/C57H35N5O/c1-4-17-36(18-5-1)38-31-32-44-47-34-40(61-49-28-13-10-23-41(49)42-24-11-14-29-50(42)61)35-48(54(47)63-52(44)33-38)57-59-55(37-19-6-2-7-20-37)58-56(60-57)46-27-16-26-45-43-25-12-15-30-51(43)62(53(45)46)39-21-8-3-9-22-39/h1-35H. The van der Waals surface area contributed by atoms with Gasteiger partial charge in [0, 0.05) is 54.8 Å². The first-order valence-electron chi connectivity index (χ1n) is 21.2. The average molecular weight is 806 g/mol. The molecule has 13 aromatic rings. The summed E-state index contributed by atoms with van der Waals surface area (Å²) in [6.45, 7) is 0. The molecule has 0 atom stereocenters. The highest BCUT2D eigenvalue weighted by Crippen LogP contribution is 2.43. The normalized spacial score (nSPS) is 11.8. The highest BCUT2D eigenvalue weighted by Gasteiger charge is 2.24. The topological polar surface area (TPSA) is 61.7 Å². The molecule has 9 aromatic carbocycles. The number of para-hydroxylation sites is 5. The van der Waals surface area contributed by atoms with Crippen molar-refractivity contribution in [1.82, 2.24) is 24.1 Å². The molecule has 0 unspecified atom stereocenters. The van der Waals surface area contributed by atoms with Crippen molar-refractivity contribution in [2.24, 2.45) is 0 Å². The first-order chi connectivity index (χ1) is 31.2. The van der Waals surface area contributed by atoms with Crippen molar-refractivity contribution in [3.05, 3.63) is 212 Å². The van der Waals surface area contributed by atoms with Crippen LogP contribution in [0.5, 0.6) is 0 Å². The molecule has 6 nitrogen and oxygen atoms in total. The molecule has 63 heavy (non-hydrogen) atoms. The molecule has 6 heteroatoms.